The number of aromatic hydroxyl groups is 1. The van der Waals surface area contributed by atoms with Crippen LogP contribution in [-0.2, 0) is 4.79 Å². The topological polar surface area (TPSA) is 46.5 Å². The van der Waals surface area contributed by atoms with Crippen molar-refractivity contribution in [2.75, 3.05) is 7.11 Å². The van der Waals surface area contributed by atoms with Crippen molar-refractivity contribution < 1.29 is 14.6 Å². The molecule has 1 N–H and O–H groups in total. The van der Waals surface area contributed by atoms with Crippen LogP contribution < -0.4 is 4.74 Å². The Morgan fingerprint density at radius 3 is 2.85 bits per heavy atom. The first-order valence-electron chi connectivity index (χ1n) is 3.70. The van der Waals surface area contributed by atoms with E-state index in [1.54, 1.807) is 12.1 Å². The number of allylic oxidation sites excluding steroid dienone is 1. The summed E-state index contributed by atoms with van der Waals surface area (Å²) in [5.41, 5.74) is 1.00. The maximum Gasteiger partial charge on any atom is 0.161 e. The molecule has 0 saturated carbocycles. The number of hydrogen-bond acceptors (Lipinski definition) is 3. The highest BCUT2D eigenvalue weighted by atomic mass is 16.5. The van der Waals surface area contributed by atoms with Gasteiger partial charge in [-0.3, -0.25) is 4.79 Å². The molecule has 3 heteroatoms. The zero-order chi connectivity index (χ0) is 9.84. The van der Waals surface area contributed by atoms with Crippen molar-refractivity contribution in [2.24, 2.45) is 0 Å². The number of rotatable bonds is 3. The number of ether oxygens (including phenoxy) is 1. The van der Waals surface area contributed by atoms with Crippen LogP contribution in [-0.4, -0.2) is 18.5 Å². The van der Waals surface area contributed by atoms with Gasteiger partial charge in [-0.05, 0) is 17.7 Å². The van der Waals surface area contributed by atoms with Crippen LogP contribution in [0.25, 0.3) is 5.57 Å². The first-order valence-corrected chi connectivity index (χ1v) is 3.70. The Bertz CT molecular complexity index is 342. The molecule has 0 heterocycles. The molecule has 0 spiro atoms. The molecule has 13 heavy (non-hydrogen) atoms. The van der Waals surface area contributed by atoms with Crippen molar-refractivity contribution in [3.8, 4) is 11.5 Å². The van der Waals surface area contributed by atoms with E-state index in [0.717, 1.165) is 0 Å². The van der Waals surface area contributed by atoms with E-state index in [4.69, 9.17) is 4.74 Å². The highest BCUT2D eigenvalue weighted by Crippen LogP contribution is 2.28. The van der Waals surface area contributed by atoms with E-state index in [1.165, 1.54) is 13.2 Å². The molecule has 1 aromatic rings. The maximum atomic E-state index is 10.4. The summed E-state index contributed by atoms with van der Waals surface area (Å²) in [6, 6.07) is 4.63. The molecule has 1 aromatic carbocycles. The minimum absolute atomic E-state index is 0.0462. The minimum atomic E-state index is 0.0462. The lowest BCUT2D eigenvalue weighted by atomic mass is 10.1. The average molecular weight is 178 g/mol. The number of methoxy groups -OCH3 is 1. The summed E-state index contributed by atoms with van der Waals surface area (Å²) in [6.07, 6.45) is 0.659. The molecular weight excluding hydrogens is 168 g/mol. The highest BCUT2D eigenvalue weighted by Gasteiger charge is 2.03. The molecule has 68 valence electrons. The predicted molar refractivity (Wildman–Crippen MR) is 49.8 cm³/mol. The summed E-state index contributed by atoms with van der Waals surface area (Å²) in [7, 11) is 1.45. The number of hydrogen-bond donors (Lipinski definition) is 1. The number of phenols is 1. The number of phenolic OH excluding ortho intramolecular Hbond substituents is 1. The summed E-state index contributed by atoms with van der Waals surface area (Å²) in [6.45, 7) is 3.54. The number of carbonyl (C=O) groups excluding carboxylic acids is 1. The van der Waals surface area contributed by atoms with Crippen LogP contribution >= 0.6 is 0 Å². The summed E-state index contributed by atoms with van der Waals surface area (Å²) in [4.78, 5) is 10.4. The van der Waals surface area contributed by atoms with Crippen molar-refractivity contribution in [1.82, 2.24) is 0 Å². The fourth-order valence-corrected chi connectivity index (χ4v) is 0.945. The van der Waals surface area contributed by atoms with Crippen LogP contribution in [0.15, 0.2) is 24.8 Å². The SMILES string of the molecule is C=C(C=O)c1ccc(O)c(OC)c1. The lowest BCUT2D eigenvalue weighted by Crippen LogP contribution is -1.87. The smallest absolute Gasteiger partial charge is 0.161 e. The second-order valence-corrected chi connectivity index (χ2v) is 2.53. The third kappa shape index (κ3) is 1.87. The van der Waals surface area contributed by atoms with Gasteiger partial charge in [0.2, 0.25) is 0 Å². The second kappa shape index (κ2) is 3.76. The zero-order valence-electron chi connectivity index (χ0n) is 7.28. The van der Waals surface area contributed by atoms with Crippen LogP contribution in [0.3, 0.4) is 0 Å². The van der Waals surface area contributed by atoms with Gasteiger partial charge >= 0.3 is 0 Å². The van der Waals surface area contributed by atoms with Gasteiger partial charge in [0.25, 0.3) is 0 Å². The summed E-state index contributed by atoms with van der Waals surface area (Å²) < 4.78 is 4.87. The molecule has 0 atom stereocenters. The Hall–Kier alpha value is -1.77. The zero-order valence-corrected chi connectivity index (χ0v) is 7.28. The van der Waals surface area contributed by atoms with Gasteiger partial charge in [0.05, 0.1) is 7.11 Å². The van der Waals surface area contributed by atoms with E-state index in [1.807, 2.05) is 0 Å². The van der Waals surface area contributed by atoms with Gasteiger partial charge in [0.15, 0.2) is 11.5 Å². The molecule has 0 aliphatic heterocycles. The molecule has 1 rings (SSSR count). The third-order valence-electron chi connectivity index (χ3n) is 1.69. The van der Waals surface area contributed by atoms with Gasteiger partial charge in [0, 0.05) is 5.57 Å². The van der Waals surface area contributed by atoms with E-state index in [0.29, 0.717) is 23.2 Å². The van der Waals surface area contributed by atoms with E-state index in [9.17, 15) is 9.90 Å². The van der Waals surface area contributed by atoms with Crippen LogP contribution in [0.4, 0.5) is 0 Å². The number of carbonyl (C=O) groups is 1. The van der Waals surface area contributed by atoms with Crippen LogP contribution in [0, 0.1) is 0 Å². The monoisotopic (exact) mass is 178 g/mol. The first-order chi connectivity index (χ1) is 6.19. The quantitative estimate of drug-likeness (QED) is 0.565. The van der Waals surface area contributed by atoms with Gasteiger partial charge in [-0.25, -0.2) is 0 Å². The van der Waals surface area contributed by atoms with Gasteiger partial charge < -0.3 is 9.84 Å². The Morgan fingerprint density at radius 2 is 2.31 bits per heavy atom. The predicted octanol–water partition coefficient (Wildman–Crippen LogP) is 1.61. The molecular formula is C10H10O3. The maximum absolute atomic E-state index is 10.4. The standard InChI is InChI=1S/C10H10O3/c1-7(6-11)8-3-4-9(12)10(5-8)13-2/h3-6,12H,1H2,2H3. The molecule has 0 radical (unpaired) electrons. The molecule has 0 unspecified atom stereocenters. The summed E-state index contributed by atoms with van der Waals surface area (Å²) in [5.74, 6) is 0.380. The summed E-state index contributed by atoms with van der Waals surface area (Å²) >= 11 is 0. The van der Waals surface area contributed by atoms with Crippen molar-refractivity contribution in [3.63, 3.8) is 0 Å². The lowest BCUT2D eigenvalue weighted by Gasteiger charge is -2.05. The Balaban J connectivity index is 3.13. The van der Waals surface area contributed by atoms with Gasteiger partial charge in [-0.2, -0.15) is 0 Å². The Morgan fingerprint density at radius 1 is 1.62 bits per heavy atom. The van der Waals surface area contributed by atoms with Crippen LogP contribution in [0.1, 0.15) is 5.56 Å². The van der Waals surface area contributed by atoms with Crippen molar-refractivity contribution in [2.45, 2.75) is 0 Å². The van der Waals surface area contributed by atoms with E-state index < -0.39 is 0 Å². The van der Waals surface area contributed by atoms with Crippen molar-refractivity contribution >= 4 is 11.9 Å². The molecule has 0 aliphatic rings. The van der Waals surface area contributed by atoms with Crippen LogP contribution in [0.5, 0.6) is 11.5 Å². The molecule has 0 bridgehead atoms. The van der Waals surface area contributed by atoms with E-state index >= 15 is 0 Å². The number of benzene rings is 1. The van der Waals surface area contributed by atoms with Crippen molar-refractivity contribution in [1.29, 1.82) is 0 Å². The fourth-order valence-electron chi connectivity index (χ4n) is 0.945. The lowest BCUT2D eigenvalue weighted by molar-refractivity contribution is -0.103. The largest absolute Gasteiger partial charge is 0.504 e. The molecule has 0 fully saturated rings. The summed E-state index contributed by atoms with van der Waals surface area (Å²) in [5, 5.41) is 9.25. The first kappa shape index (κ1) is 9.32. The average Bonchev–Trinajstić information content (AvgIpc) is 2.17. The molecule has 0 aromatic heterocycles. The molecule has 3 nitrogen and oxygen atoms in total. The highest BCUT2D eigenvalue weighted by molar-refractivity contribution is 6.05. The number of aldehydes is 1. The molecule has 0 saturated heterocycles. The third-order valence-corrected chi connectivity index (χ3v) is 1.69. The van der Waals surface area contributed by atoms with Gasteiger partial charge in [-0.15, -0.1) is 0 Å². The van der Waals surface area contributed by atoms with Gasteiger partial charge in [0.1, 0.15) is 6.29 Å². The van der Waals surface area contributed by atoms with Crippen molar-refractivity contribution in [3.05, 3.63) is 30.3 Å². The van der Waals surface area contributed by atoms with E-state index in [-0.39, 0.29) is 5.75 Å². The molecule has 0 amide bonds. The molecule has 0 aliphatic carbocycles. The Labute approximate surface area is 76.3 Å². The fraction of sp³-hybridized carbons (Fsp3) is 0.100. The van der Waals surface area contributed by atoms with Crippen LogP contribution in [0.2, 0.25) is 0 Å². The minimum Gasteiger partial charge on any atom is -0.504 e. The Kier molecular flexibility index (Phi) is 2.69. The second-order valence-electron chi connectivity index (χ2n) is 2.53. The van der Waals surface area contributed by atoms with E-state index in [2.05, 4.69) is 6.58 Å². The normalized spacial score (nSPS) is 9.31. The van der Waals surface area contributed by atoms with Gasteiger partial charge in [-0.1, -0.05) is 12.6 Å².